The van der Waals surface area contributed by atoms with Gasteiger partial charge < -0.3 is 4.90 Å². The van der Waals surface area contributed by atoms with Crippen molar-refractivity contribution in [3.05, 3.63) is 234 Å². The Morgan fingerprint density at radius 1 is 0.360 bits per heavy atom. The lowest BCUT2D eigenvalue weighted by atomic mass is 9.67. The third kappa shape index (κ3) is 4.95. The van der Waals surface area contributed by atoms with Crippen molar-refractivity contribution in [2.75, 3.05) is 4.90 Å². The van der Waals surface area contributed by atoms with Crippen LogP contribution in [0.15, 0.2) is 212 Å². The molecule has 1 aliphatic carbocycles. The molecule has 0 spiro atoms. The molecule has 0 saturated heterocycles. The molecule has 1 nitrogen and oxygen atoms in total. The van der Waals surface area contributed by atoms with Gasteiger partial charge in [0.1, 0.15) is 0 Å². The Morgan fingerprint density at radius 2 is 0.820 bits per heavy atom. The first-order chi connectivity index (χ1) is 26.9. The van der Waals surface area contributed by atoms with Crippen molar-refractivity contribution in [2.45, 2.75) is 5.41 Å². The average molecular weight is 643 g/mol. The largest absolute Gasteiger partial charge is 0.310 e. The molecule has 0 amide bonds. The van der Waals surface area contributed by atoms with Gasteiger partial charge in [0.15, 0.2) is 0 Å². The van der Waals surface area contributed by atoms with Crippen molar-refractivity contribution in [2.24, 2.45) is 0 Å². The van der Waals surface area contributed by atoms with Gasteiger partial charge in [0.25, 0.3) is 0 Å². The molecule has 0 aliphatic heterocycles. The standard InChI is InChI=1S/C49H35N/c1-5-15-36(16-6-1)38-25-29-42(30-26-38)50(43-31-27-39(28-32-43)37-17-7-2-8-18-37)44-33-34-46-45-23-13-14-24-47(45)49(48(46)35-44,40-19-9-3-10-20-40)41-21-11-4-12-22-41/h1-35H/i1D,5D,6D,15D,16D. The SMILES string of the molecule is [2H]c1c([2H])c([2H])c(-c2ccc(N(c3ccc(-c4ccccc4)cc3)c3ccc4c(c3)C(c3ccccc3)(c3ccccc3)c3ccccc3-4)cc2)c([2H])c1[2H]. The molecule has 0 N–H and O–H groups in total. The zero-order chi connectivity index (χ0) is 37.7. The Hall–Kier alpha value is -6.44. The molecule has 8 aromatic rings. The Labute approximate surface area is 301 Å². The summed E-state index contributed by atoms with van der Waals surface area (Å²) in [4.78, 5) is 2.23. The molecular formula is C49H35N. The summed E-state index contributed by atoms with van der Waals surface area (Å²) in [6.45, 7) is 0. The molecule has 0 unspecified atom stereocenters. The summed E-state index contributed by atoms with van der Waals surface area (Å²) in [5.41, 5.74) is 12.4. The van der Waals surface area contributed by atoms with E-state index in [4.69, 9.17) is 6.85 Å². The quantitative estimate of drug-likeness (QED) is 0.167. The Balaban J connectivity index is 1.25. The van der Waals surface area contributed by atoms with E-state index in [-0.39, 0.29) is 29.7 Å². The fourth-order valence-electron chi connectivity index (χ4n) is 7.62. The third-order valence-electron chi connectivity index (χ3n) is 9.85. The zero-order valence-electron chi connectivity index (χ0n) is 32.3. The molecule has 236 valence electrons. The highest BCUT2D eigenvalue weighted by Crippen LogP contribution is 2.57. The van der Waals surface area contributed by atoms with Gasteiger partial charge in [-0.3, -0.25) is 0 Å². The lowest BCUT2D eigenvalue weighted by Crippen LogP contribution is -2.28. The minimum atomic E-state index is -0.571. The number of anilines is 3. The van der Waals surface area contributed by atoms with Crippen molar-refractivity contribution in [1.29, 1.82) is 0 Å². The summed E-state index contributed by atoms with van der Waals surface area (Å²) >= 11 is 0. The number of hydrogen-bond donors (Lipinski definition) is 0. The Bertz CT molecular complexity index is 2610. The minimum Gasteiger partial charge on any atom is -0.310 e. The minimum absolute atomic E-state index is 0.183. The zero-order valence-corrected chi connectivity index (χ0v) is 27.3. The smallest absolute Gasteiger partial charge is 0.0714 e. The highest BCUT2D eigenvalue weighted by molar-refractivity contribution is 5.90. The van der Waals surface area contributed by atoms with Crippen molar-refractivity contribution >= 4 is 17.1 Å². The van der Waals surface area contributed by atoms with Crippen molar-refractivity contribution in [1.82, 2.24) is 0 Å². The first-order valence-corrected chi connectivity index (χ1v) is 16.9. The number of nitrogens with zero attached hydrogens (tertiary/aromatic N) is 1. The summed E-state index contributed by atoms with van der Waals surface area (Å²) in [5, 5.41) is 0. The van der Waals surface area contributed by atoms with Gasteiger partial charge in [-0.25, -0.2) is 0 Å². The molecule has 9 rings (SSSR count). The summed E-state index contributed by atoms with van der Waals surface area (Å²) in [5.74, 6) is 0. The molecule has 8 aromatic carbocycles. The lowest BCUT2D eigenvalue weighted by molar-refractivity contribution is 0.768. The van der Waals surface area contributed by atoms with Crippen LogP contribution in [0.1, 0.15) is 29.1 Å². The van der Waals surface area contributed by atoms with Crippen LogP contribution in [0, 0.1) is 0 Å². The number of benzene rings is 8. The molecule has 1 aliphatic rings. The van der Waals surface area contributed by atoms with Gasteiger partial charge in [-0.15, -0.1) is 0 Å². The summed E-state index contributed by atoms with van der Waals surface area (Å²) in [6.07, 6.45) is 0. The second-order valence-electron chi connectivity index (χ2n) is 12.6. The maximum Gasteiger partial charge on any atom is 0.0714 e. The van der Waals surface area contributed by atoms with Crippen LogP contribution < -0.4 is 4.90 Å². The van der Waals surface area contributed by atoms with E-state index in [0.29, 0.717) is 5.56 Å². The highest BCUT2D eigenvalue weighted by atomic mass is 15.1. The van der Waals surface area contributed by atoms with Crippen molar-refractivity contribution in [3.8, 4) is 33.4 Å². The van der Waals surface area contributed by atoms with Crippen LogP contribution in [0.3, 0.4) is 0 Å². The molecule has 0 radical (unpaired) electrons. The Morgan fingerprint density at radius 3 is 1.42 bits per heavy atom. The van der Waals surface area contributed by atoms with E-state index in [0.717, 1.165) is 28.2 Å². The van der Waals surface area contributed by atoms with Gasteiger partial charge in [-0.1, -0.05) is 176 Å². The molecule has 1 heteroatoms. The van der Waals surface area contributed by atoms with Crippen LogP contribution in [0.2, 0.25) is 0 Å². The van der Waals surface area contributed by atoms with Gasteiger partial charge in [-0.2, -0.15) is 0 Å². The van der Waals surface area contributed by atoms with Crippen LogP contribution in [0.5, 0.6) is 0 Å². The van der Waals surface area contributed by atoms with E-state index in [1.807, 2.05) is 42.5 Å². The fourth-order valence-corrected chi connectivity index (χ4v) is 7.62. The normalized spacial score (nSPS) is 14.0. The van der Waals surface area contributed by atoms with Crippen LogP contribution in [-0.2, 0) is 5.41 Å². The second kappa shape index (κ2) is 12.5. The molecule has 0 bridgehead atoms. The molecule has 50 heavy (non-hydrogen) atoms. The topological polar surface area (TPSA) is 3.24 Å². The van der Waals surface area contributed by atoms with E-state index in [9.17, 15) is 0 Å². The van der Waals surface area contributed by atoms with Gasteiger partial charge in [0, 0.05) is 17.1 Å². The van der Waals surface area contributed by atoms with Crippen molar-refractivity contribution in [3.63, 3.8) is 0 Å². The molecule has 0 saturated carbocycles. The predicted molar refractivity (Wildman–Crippen MR) is 209 cm³/mol. The number of rotatable bonds is 7. The van der Waals surface area contributed by atoms with Gasteiger partial charge in [0.05, 0.1) is 12.3 Å². The fraction of sp³-hybridized carbons (Fsp3) is 0.0204. The predicted octanol–water partition coefficient (Wildman–Crippen LogP) is 12.9. The van der Waals surface area contributed by atoms with Crippen LogP contribution in [-0.4, -0.2) is 0 Å². The van der Waals surface area contributed by atoms with Crippen LogP contribution >= 0.6 is 0 Å². The second-order valence-corrected chi connectivity index (χ2v) is 12.6. The molecule has 0 aromatic heterocycles. The summed E-state index contributed by atoms with van der Waals surface area (Å²) in [6, 6.07) is 61.9. The maximum atomic E-state index is 8.59. The van der Waals surface area contributed by atoms with Crippen molar-refractivity contribution < 1.29 is 6.85 Å². The lowest BCUT2D eigenvalue weighted by Gasteiger charge is -2.35. The molecule has 0 atom stereocenters. The van der Waals surface area contributed by atoms with Gasteiger partial charge in [0.2, 0.25) is 0 Å². The maximum absolute atomic E-state index is 8.59. The molecule has 0 heterocycles. The number of fused-ring (bicyclic) bond motifs is 3. The van der Waals surface area contributed by atoms with Crippen LogP contribution in [0.25, 0.3) is 33.4 Å². The van der Waals surface area contributed by atoms with E-state index < -0.39 is 11.5 Å². The van der Waals surface area contributed by atoms with Gasteiger partial charge in [-0.05, 0) is 92.0 Å². The van der Waals surface area contributed by atoms with E-state index in [2.05, 4.69) is 144 Å². The monoisotopic (exact) mass is 642 g/mol. The van der Waals surface area contributed by atoms with Crippen LogP contribution in [0.4, 0.5) is 17.1 Å². The molecule has 0 fully saturated rings. The summed E-state index contributed by atoms with van der Waals surface area (Å²) < 4.78 is 41.8. The first kappa shape index (κ1) is 24.7. The first-order valence-electron chi connectivity index (χ1n) is 19.4. The number of hydrogen-bond acceptors (Lipinski definition) is 1. The highest BCUT2D eigenvalue weighted by Gasteiger charge is 2.46. The van der Waals surface area contributed by atoms with E-state index in [1.54, 1.807) is 0 Å². The third-order valence-corrected chi connectivity index (χ3v) is 9.85. The molecular weight excluding hydrogens is 603 g/mol. The van der Waals surface area contributed by atoms with E-state index >= 15 is 0 Å². The Kier molecular flexibility index (Phi) is 6.19. The summed E-state index contributed by atoms with van der Waals surface area (Å²) in [7, 11) is 0. The van der Waals surface area contributed by atoms with Gasteiger partial charge >= 0.3 is 0 Å². The van der Waals surface area contributed by atoms with E-state index in [1.165, 1.54) is 33.4 Å². The average Bonchev–Trinajstić information content (AvgIpc) is 3.54.